The van der Waals surface area contributed by atoms with Crippen molar-refractivity contribution in [3.8, 4) is 0 Å². The number of carbonyl (C=O) groups excluding carboxylic acids is 1. The lowest BCUT2D eigenvalue weighted by atomic mass is 10.2. The van der Waals surface area contributed by atoms with Crippen molar-refractivity contribution < 1.29 is 4.79 Å². The van der Waals surface area contributed by atoms with Crippen LogP contribution in [0.5, 0.6) is 0 Å². The lowest BCUT2D eigenvalue weighted by molar-refractivity contribution is 0.0779. The number of aromatic nitrogens is 2. The first-order valence-corrected chi connectivity index (χ1v) is 6.57. The van der Waals surface area contributed by atoms with Gasteiger partial charge in [-0.2, -0.15) is 0 Å². The number of hydrogen-bond donors (Lipinski definition) is 0. The van der Waals surface area contributed by atoms with Gasteiger partial charge in [0.05, 0.1) is 0 Å². The molecule has 0 atom stereocenters. The van der Waals surface area contributed by atoms with Gasteiger partial charge < -0.3 is 4.90 Å². The number of amides is 1. The van der Waals surface area contributed by atoms with Crippen molar-refractivity contribution in [2.24, 2.45) is 0 Å². The Morgan fingerprint density at radius 2 is 2.12 bits per heavy atom. The lowest BCUT2D eigenvalue weighted by Crippen LogP contribution is -2.26. The second-order valence-electron chi connectivity index (χ2n) is 3.58. The van der Waals surface area contributed by atoms with Crippen LogP contribution in [0.3, 0.4) is 0 Å². The van der Waals surface area contributed by atoms with E-state index in [0.29, 0.717) is 12.2 Å². The molecule has 0 aliphatic rings. The minimum absolute atomic E-state index is 0.110. The molecule has 1 amide bonds. The third-order valence-electron chi connectivity index (χ3n) is 2.26. The minimum Gasteiger partial charge on any atom is -0.336 e. The maximum Gasteiger partial charge on any atom is 0.275 e. The molecular weight excluding hydrogens is 302 g/mol. The van der Waals surface area contributed by atoms with Crippen LogP contribution in [0, 0.1) is 0 Å². The van der Waals surface area contributed by atoms with Crippen LogP contribution >= 0.6 is 27.5 Å². The fraction of sp³-hybridized carbons (Fsp3) is 0.182. The van der Waals surface area contributed by atoms with Crippen molar-refractivity contribution in [2.45, 2.75) is 6.54 Å². The molecule has 0 N–H and O–H groups in total. The number of benzene rings is 1. The van der Waals surface area contributed by atoms with Gasteiger partial charge in [-0.3, -0.25) is 4.79 Å². The Balaban J connectivity index is 2.04. The zero-order valence-electron chi connectivity index (χ0n) is 9.13. The summed E-state index contributed by atoms with van der Waals surface area (Å²) in [5.74, 6) is -0.110. The van der Waals surface area contributed by atoms with Crippen molar-refractivity contribution >= 4 is 33.4 Å². The first-order valence-electron chi connectivity index (χ1n) is 4.94. The Morgan fingerprint density at radius 1 is 1.41 bits per heavy atom. The van der Waals surface area contributed by atoms with Crippen LogP contribution in [-0.4, -0.2) is 27.4 Å². The third-order valence-corrected chi connectivity index (χ3v) is 3.29. The van der Waals surface area contributed by atoms with E-state index in [2.05, 4.69) is 25.5 Å². The van der Waals surface area contributed by atoms with E-state index in [1.165, 1.54) is 11.5 Å². The number of rotatable bonds is 3. The summed E-state index contributed by atoms with van der Waals surface area (Å²) in [6.07, 6.45) is 0. The standard InChI is InChI=1S/C11H10BrN3OS/c1-15(11(16)10-7-17-14-13-10)6-8-2-4-9(12)5-3-8/h2-5,7H,6H2,1H3. The van der Waals surface area contributed by atoms with E-state index in [0.717, 1.165) is 10.0 Å². The van der Waals surface area contributed by atoms with Crippen LogP contribution in [-0.2, 0) is 6.54 Å². The van der Waals surface area contributed by atoms with E-state index in [9.17, 15) is 4.79 Å². The molecule has 88 valence electrons. The van der Waals surface area contributed by atoms with E-state index < -0.39 is 0 Å². The van der Waals surface area contributed by atoms with Crippen molar-refractivity contribution in [1.29, 1.82) is 0 Å². The molecule has 1 aromatic heterocycles. The molecule has 17 heavy (non-hydrogen) atoms. The molecule has 4 nitrogen and oxygen atoms in total. The molecule has 0 spiro atoms. The van der Waals surface area contributed by atoms with Gasteiger partial charge in [0.15, 0.2) is 5.69 Å². The normalized spacial score (nSPS) is 10.2. The summed E-state index contributed by atoms with van der Waals surface area (Å²) >= 11 is 4.55. The summed E-state index contributed by atoms with van der Waals surface area (Å²) in [6, 6.07) is 7.87. The summed E-state index contributed by atoms with van der Waals surface area (Å²) < 4.78 is 4.71. The van der Waals surface area contributed by atoms with Gasteiger partial charge in [0.2, 0.25) is 0 Å². The van der Waals surface area contributed by atoms with E-state index in [1.807, 2.05) is 24.3 Å². The van der Waals surface area contributed by atoms with E-state index in [4.69, 9.17) is 0 Å². The summed E-state index contributed by atoms with van der Waals surface area (Å²) in [6.45, 7) is 0.559. The number of hydrogen-bond acceptors (Lipinski definition) is 4. The SMILES string of the molecule is CN(Cc1ccc(Br)cc1)C(=O)c1csnn1. The van der Waals surface area contributed by atoms with Gasteiger partial charge >= 0.3 is 0 Å². The van der Waals surface area contributed by atoms with Gasteiger partial charge in [-0.25, -0.2) is 0 Å². The molecule has 0 unspecified atom stereocenters. The molecule has 0 saturated carbocycles. The molecule has 0 aliphatic carbocycles. The highest BCUT2D eigenvalue weighted by molar-refractivity contribution is 9.10. The smallest absolute Gasteiger partial charge is 0.275 e. The molecule has 2 aromatic rings. The van der Waals surface area contributed by atoms with Crippen LogP contribution in [0.4, 0.5) is 0 Å². The van der Waals surface area contributed by atoms with E-state index in [-0.39, 0.29) is 5.91 Å². The quantitative estimate of drug-likeness (QED) is 0.875. The van der Waals surface area contributed by atoms with Gasteiger partial charge in [0.25, 0.3) is 5.91 Å². The second kappa shape index (κ2) is 5.37. The van der Waals surface area contributed by atoms with Crippen LogP contribution in [0.1, 0.15) is 16.1 Å². The van der Waals surface area contributed by atoms with Crippen molar-refractivity contribution in [1.82, 2.24) is 14.5 Å². The fourth-order valence-electron chi connectivity index (χ4n) is 1.39. The highest BCUT2D eigenvalue weighted by Crippen LogP contribution is 2.12. The highest BCUT2D eigenvalue weighted by Gasteiger charge is 2.14. The highest BCUT2D eigenvalue weighted by atomic mass is 79.9. The molecular formula is C11H10BrN3OS. The molecule has 0 fully saturated rings. The largest absolute Gasteiger partial charge is 0.336 e. The molecule has 0 saturated heterocycles. The molecule has 1 aromatic carbocycles. The molecule has 0 aliphatic heterocycles. The van der Waals surface area contributed by atoms with E-state index >= 15 is 0 Å². The average molecular weight is 312 g/mol. The fourth-order valence-corrected chi connectivity index (χ4v) is 2.08. The van der Waals surface area contributed by atoms with Crippen LogP contribution < -0.4 is 0 Å². The Morgan fingerprint density at radius 3 is 2.71 bits per heavy atom. The van der Waals surface area contributed by atoms with Gasteiger partial charge in [-0.05, 0) is 29.2 Å². The van der Waals surface area contributed by atoms with Crippen LogP contribution in [0.25, 0.3) is 0 Å². The van der Waals surface area contributed by atoms with Gasteiger partial charge in [0, 0.05) is 23.4 Å². The number of nitrogens with zero attached hydrogens (tertiary/aromatic N) is 3. The topological polar surface area (TPSA) is 46.1 Å². The van der Waals surface area contributed by atoms with Crippen LogP contribution in [0.2, 0.25) is 0 Å². The summed E-state index contributed by atoms with van der Waals surface area (Å²) in [5.41, 5.74) is 1.47. The molecule has 2 rings (SSSR count). The first-order chi connectivity index (χ1) is 8.16. The predicted molar refractivity (Wildman–Crippen MR) is 69.8 cm³/mol. The summed E-state index contributed by atoms with van der Waals surface area (Å²) in [4.78, 5) is 13.5. The summed E-state index contributed by atoms with van der Waals surface area (Å²) in [7, 11) is 1.75. The van der Waals surface area contributed by atoms with Gasteiger partial charge in [-0.15, -0.1) is 5.10 Å². The molecule has 0 bridgehead atoms. The Labute approximate surface area is 112 Å². The van der Waals surface area contributed by atoms with Crippen LogP contribution in [0.15, 0.2) is 34.1 Å². The Bertz CT molecular complexity index is 498. The van der Waals surface area contributed by atoms with Crippen molar-refractivity contribution in [3.05, 3.63) is 45.4 Å². The van der Waals surface area contributed by atoms with Crippen molar-refractivity contribution in [2.75, 3.05) is 7.05 Å². The minimum atomic E-state index is -0.110. The maximum absolute atomic E-state index is 11.9. The zero-order valence-corrected chi connectivity index (χ0v) is 11.5. The average Bonchev–Trinajstić information content (AvgIpc) is 2.84. The molecule has 0 radical (unpaired) electrons. The molecule has 1 heterocycles. The lowest BCUT2D eigenvalue weighted by Gasteiger charge is -2.15. The monoisotopic (exact) mass is 311 g/mol. The van der Waals surface area contributed by atoms with Gasteiger partial charge in [0.1, 0.15) is 0 Å². The number of carbonyl (C=O) groups is 1. The molecule has 6 heteroatoms. The third kappa shape index (κ3) is 3.10. The predicted octanol–water partition coefficient (Wildman–Crippen LogP) is 2.57. The summed E-state index contributed by atoms with van der Waals surface area (Å²) in [5, 5.41) is 5.42. The first kappa shape index (κ1) is 12.2. The zero-order chi connectivity index (χ0) is 12.3. The number of halogens is 1. The maximum atomic E-state index is 11.9. The van der Waals surface area contributed by atoms with E-state index in [1.54, 1.807) is 17.3 Å². The van der Waals surface area contributed by atoms with Gasteiger partial charge in [-0.1, -0.05) is 32.6 Å². The van der Waals surface area contributed by atoms with Crippen molar-refractivity contribution in [3.63, 3.8) is 0 Å². The second-order valence-corrected chi connectivity index (χ2v) is 5.10. The Hall–Kier alpha value is -1.27. The Kier molecular flexibility index (Phi) is 3.86.